The maximum absolute atomic E-state index is 12.8. The number of carbonyl (C=O) groups excluding carboxylic acids is 1. The van der Waals surface area contributed by atoms with E-state index in [9.17, 15) is 13.2 Å². The van der Waals surface area contributed by atoms with E-state index in [1.807, 2.05) is 37.3 Å². The first kappa shape index (κ1) is 17.7. The molecule has 0 aliphatic rings. The summed E-state index contributed by atoms with van der Waals surface area (Å²) in [5.74, 6) is -0.507. The molecule has 0 aliphatic carbocycles. The molecule has 5 nitrogen and oxygen atoms in total. The Kier molecular flexibility index (Phi) is 5.92. The number of primary amides is 1. The lowest BCUT2D eigenvalue weighted by atomic mass is 10.1. The van der Waals surface area contributed by atoms with Gasteiger partial charge in [-0.3, -0.25) is 4.79 Å². The van der Waals surface area contributed by atoms with Gasteiger partial charge in [0.15, 0.2) is 0 Å². The van der Waals surface area contributed by atoms with E-state index in [-0.39, 0.29) is 13.0 Å². The van der Waals surface area contributed by atoms with Gasteiger partial charge in [0.25, 0.3) is 10.0 Å². The van der Waals surface area contributed by atoms with Crippen LogP contribution in [0.15, 0.2) is 46.7 Å². The number of thiophene rings is 1. The van der Waals surface area contributed by atoms with Crippen molar-refractivity contribution in [2.45, 2.75) is 24.0 Å². The van der Waals surface area contributed by atoms with Crippen LogP contribution in [0.1, 0.15) is 16.9 Å². The van der Waals surface area contributed by atoms with Crippen LogP contribution in [0.3, 0.4) is 0 Å². The molecule has 1 aromatic carbocycles. The summed E-state index contributed by atoms with van der Waals surface area (Å²) in [7, 11) is -3.60. The van der Waals surface area contributed by atoms with Gasteiger partial charge < -0.3 is 5.73 Å². The van der Waals surface area contributed by atoms with E-state index in [1.54, 1.807) is 12.1 Å². The second-order valence-electron chi connectivity index (χ2n) is 5.22. The highest BCUT2D eigenvalue weighted by Crippen LogP contribution is 2.24. The normalized spacial score (nSPS) is 11.7. The second kappa shape index (κ2) is 7.72. The van der Waals surface area contributed by atoms with E-state index in [0.29, 0.717) is 17.2 Å². The highest BCUT2D eigenvalue weighted by molar-refractivity contribution is 7.91. The Bertz CT molecular complexity index is 755. The summed E-state index contributed by atoms with van der Waals surface area (Å²) in [5, 5.41) is 0. The first-order valence-electron chi connectivity index (χ1n) is 7.28. The molecule has 2 N–H and O–H groups in total. The van der Waals surface area contributed by atoms with Crippen molar-refractivity contribution in [3.63, 3.8) is 0 Å². The maximum Gasteiger partial charge on any atom is 0.252 e. The van der Waals surface area contributed by atoms with Crippen LogP contribution in [0.2, 0.25) is 0 Å². The highest BCUT2D eigenvalue weighted by Gasteiger charge is 2.25. The Hall–Kier alpha value is -1.70. The number of carbonyl (C=O) groups is 1. The lowest BCUT2D eigenvalue weighted by Crippen LogP contribution is -2.35. The fourth-order valence-corrected chi connectivity index (χ4v) is 5.04. The standard InChI is InChI=1S/C16H20N2O3S2/c1-13-7-8-16(22-13)23(20,21)18(12-10-15(17)19)11-9-14-5-3-2-4-6-14/h2-8H,9-12H2,1H3,(H2,17,19). The van der Waals surface area contributed by atoms with Crippen molar-refractivity contribution >= 4 is 27.3 Å². The third kappa shape index (κ3) is 4.89. The minimum Gasteiger partial charge on any atom is -0.370 e. The van der Waals surface area contributed by atoms with E-state index in [1.165, 1.54) is 15.6 Å². The molecular weight excluding hydrogens is 332 g/mol. The Morgan fingerprint density at radius 2 is 1.83 bits per heavy atom. The topological polar surface area (TPSA) is 80.5 Å². The van der Waals surface area contributed by atoms with E-state index in [2.05, 4.69) is 0 Å². The molecule has 1 amide bonds. The average molecular weight is 352 g/mol. The summed E-state index contributed by atoms with van der Waals surface area (Å²) >= 11 is 1.23. The zero-order valence-electron chi connectivity index (χ0n) is 12.9. The Morgan fingerprint density at radius 1 is 1.13 bits per heavy atom. The summed E-state index contributed by atoms with van der Waals surface area (Å²) in [6, 6.07) is 13.0. The van der Waals surface area contributed by atoms with Crippen LogP contribution in [0.25, 0.3) is 0 Å². The van der Waals surface area contributed by atoms with E-state index in [0.717, 1.165) is 10.4 Å². The van der Waals surface area contributed by atoms with Crippen LogP contribution < -0.4 is 5.73 Å². The van der Waals surface area contributed by atoms with Gasteiger partial charge in [-0.25, -0.2) is 8.42 Å². The molecule has 2 aromatic rings. The minimum absolute atomic E-state index is 0.0123. The molecular formula is C16H20N2O3S2. The number of amides is 1. The molecule has 0 fully saturated rings. The number of sulfonamides is 1. The quantitative estimate of drug-likeness (QED) is 0.790. The number of hydrogen-bond acceptors (Lipinski definition) is 4. The lowest BCUT2D eigenvalue weighted by molar-refractivity contribution is -0.118. The monoisotopic (exact) mass is 352 g/mol. The van der Waals surface area contributed by atoms with Crippen molar-refractivity contribution in [2.24, 2.45) is 5.73 Å². The van der Waals surface area contributed by atoms with Crippen molar-refractivity contribution in [3.8, 4) is 0 Å². The van der Waals surface area contributed by atoms with E-state index >= 15 is 0 Å². The van der Waals surface area contributed by atoms with Crippen molar-refractivity contribution < 1.29 is 13.2 Å². The molecule has 0 aliphatic heterocycles. The Morgan fingerprint density at radius 3 is 2.39 bits per heavy atom. The summed E-state index contributed by atoms with van der Waals surface area (Å²) in [6.07, 6.45) is 0.599. The maximum atomic E-state index is 12.8. The van der Waals surface area contributed by atoms with Gasteiger partial charge in [-0.2, -0.15) is 4.31 Å². The largest absolute Gasteiger partial charge is 0.370 e. The van der Waals surface area contributed by atoms with Crippen molar-refractivity contribution in [1.82, 2.24) is 4.31 Å². The number of aryl methyl sites for hydroxylation is 1. The predicted octanol–water partition coefficient (Wildman–Crippen LogP) is 2.17. The molecule has 1 heterocycles. The molecule has 124 valence electrons. The highest BCUT2D eigenvalue weighted by atomic mass is 32.2. The lowest BCUT2D eigenvalue weighted by Gasteiger charge is -2.21. The van der Waals surface area contributed by atoms with Crippen LogP contribution >= 0.6 is 11.3 Å². The van der Waals surface area contributed by atoms with Gasteiger partial charge >= 0.3 is 0 Å². The first-order chi connectivity index (χ1) is 10.9. The molecule has 0 saturated carbocycles. The van der Waals surface area contributed by atoms with Gasteiger partial charge in [0, 0.05) is 24.4 Å². The van der Waals surface area contributed by atoms with Gasteiger partial charge in [0.05, 0.1) is 0 Å². The fraction of sp³-hybridized carbons (Fsp3) is 0.312. The van der Waals surface area contributed by atoms with E-state index < -0.39 is 15.9 Å². The van der Waals surface area contributed by atoms with E-state index in [4.69, 9.17) is 5.73 Å². The van der Waals surface area contributed by atoms with Crippen LogP contribution in [-0.2, 0) is 21.2 Å². The molecule has 0 bridgehead atoms. The molecule has 0 atom stereocenters. The molecule has 0 radical (unpaired) electrons. The van der Waals surface area contributed by atoms with Crippen molar-refractivity contribution in [2.75, 3.05) is 13.1 Å². The zero-order chi connectivity index (χ0) is 16.9. The molecule has 23 heavy (non-hydrogen) atoms. The van der Waals surface area contributed by atoms with Gasteiger partial charge in [0.1, 0.15) is 4.21 Å². The molecule has 0 saturated heterocycles. The van der Waals surface area contributed by atoms with Crippen LogP contribution in [0.4, 0.5) is 0 Å². The third-order valence-corrected chi connectivity index (χ3v) is 6.78. The number of rotatable bonds is 8. The minimum atomic E-state index is -3.60. The molecule has 7 heteroatoms. The molecule has 0 unspecified atom stereocenters. The number of benzene rings is 1. The van der Waals surface area contributed by atoms with Gasteiger partial charge in [-0.15, -0.1) is 11.3 Å². The van der Waals surface area contributed by atoms with Crippen LogP contribution in [0.5, 0.6) is 0 Å². The van der Waals surface area contributed by atoms with Gasteiger partial charge in [0.2, 0.25) is 5.91 Å². The Labute approximate surface area is 140 Å². The molecule has 0 spiro atoms. The average Bonchev–Trinajstić information content (AvgIpc) is 2.95. The van der Waals surface area contributed by atoms with Crippen LogP contribution in [0, 0.1) is 6.92 Å². The summed E-state index contributed by atoms with van der Waals surface area (Å²) in [5.41, 5.74) is 6.23. The zero-order valence-corrected chi connectivity index (χ0v) is 14.6. The number of hydrogen-bond donors (Lipinski definition) is 1. The number of nitrogens with two attached hydrogens (primary N) is 1. The summed E-state index contributed by atoms with van der Waals surface area (Å²) in [4.78, 5) is 12.0. The summed E-state index contributed by atoms with van der Waals surface area (Å²) in [6.45, 7) is 2.28. The first-order valence-corrected chi connectivity index (χ1v) is 9.54. The third-order valence-electron chi connectivity index (χ3n) is 3.41. The second-order valence-corrected chi connectivity index (χ2v) is 8.67. The predicted molar refractivity (Wildman–Crippen MR) is 91.8 cm³/mol. The summed E-state index contributed by atoms with van der Waals surface area (Å²) < 4.78 is 27.2. The molecule has 2 rings (SSSR count). The Balaban J connectivity index is 2.17. The smallest absolute Gasteiger partial charge is 0.252 e. The fourth-order valence-electron chi connectivity index (χ4n) is 2.16. The molecule has 1 aromatic heterocycles. The van der Waals surface area contributed by atoms with Gasteiger partial charge in [-0.05, 0) is 31.0 Å². The van der Waals surface area contributed by atoms with Crippen molar-refractivity contribution in [1.29, 1.82) is 0 Å². The SMILES string of the molecule is Cc1ccc(S(=O)(=O)N(CCC(N)=O)CCc2ccccc2)s1. The van der Waals surface area contributed by atoms with Crippen LogP contribution in [-0.4, -0.2) is 31.7 Å². The van der Waals surface area contributed by atoms with Gasteiger partial charge in [-0.1, -0.05) is 30.3 Å². The van der Waals surface area contributed by atoms with Crippen molar-refractivity contribution in [3.05, 3.63) is 52.9 Å². The number of nitrogens with zero attached hydrogens (tertiary/aromatic N) is 1.